The Balaban J connectivity index is 2.65. The number of carbonyl (C=O) groups is 1. The second kappa shape index (κ2) is 7.07. The van der Waals surface area contributed by atoms with Gasteiger partial charge in [0.15, 0.2) is 0 Å². The normalized spacial score (nSPS) is 12.2. The first-order valence-electron chi connectivity index (χ1n) is 6.31. The van der Waals surface area contributed by atoms with Crippen molar-refractivity contribution in [3.63, 3.8) is 0 Å². The van der Waals surface area contributed by atoms with Crippen molar-refractivity contribution in [1.29, 1.82) is 0 Å². The summed E-state index contributed by atoms with van der Waals surface area (Å²) in [5.74, 6) is -0.0483. The van der Waals surface area contributed by atoms with Gasteiger partial charge in [-0.15, -0.1) is 0 Å². The van der Waals surface area contributed by atoms with Gasteiger partial charge in [0.25, 0.3) is 0 Å². The van der Waals surface area contributed by atoms with Crippen LogP contribution < -0.4 is 11.1 Å². The number of carbonyl (C=O) groups excluding carboxylic acids is 1. The molecule has 3 nitrogen and oxygen atoms in total. The molecule has 0 aliphatic carbocycles. The van der Waals surface area contributed by atoms with Crippen LogP contribution in [-0.4, -0.2) is 12.5 Å². The van der Waals surface area contributed by atoms with Gasteiger partial charge in [-0.25, -0.2) is 0 Å². The van der Waals surface area contributed by atoms with Crippen LogP contribution in [0, 0.1) is 5.92 Å². The summed E-state index contributed by atoms with van der Waals surface area (Å²) < 4.78 is 0. The third kappa shape index (κ3) is 4.19. The lowest BCUT2D eigenvalue weighted by Crippen LogP contribution is -2.29. The lowest BCUT2D eigenvalue weighted by atomic mass is 10.0. The summed E-state index contributed by atoms with van der Waals surface area (Å²) in [7, 11) is 0. The van der Waals surface area contributed by atoms with Crippen LogP contribution in [0.25, 0.3) is 0 Å². The van der Waals surface area contributed by atoms with Crippen LogP contribution in [0.3, 0.4) is 0 Å². The van der Waals surface area contributed by atoms with Crippen LogP contribution in [-0.2, 0) is 11.2 Å². The molecule has 0 radical (unpaired) electrons. The van der Waals surface area contributed by atoms with E-state index in [0.29, 0.717) is 6.54 Å². The molecule has 0 aromatic heterocycles. The molecular weight excluding hydrogens is 212 g/mol. The fourth-order valence-corrected chi connectivity index (χ4v) is 1.82. The number of nitrogens with two attached hydrogens (primary N) is 1. The zero-order chi connectivity index (χ0) is 12.7. The minimum atomic E-state index is -0.0784. The third-order valence-electron chi connectivity index (χ3n) is 2.90. The minimum absolute atomic E-state index is 0.0302. The fraction of sp³-hybridized carbons (Fsp3) is 0.500. The molecule has 0 bridgehead atoms. The Kier molecular flexibility index (Phi) is 5.70. The highest BCUT2D eigenvalue weighted by Crippen LogP contribution is 2.14. The zero-order valence-corrected chi connectivity index (χ0v) is 10.7. The molecule has 1 amide bonds. The molecule has 0 saturated carbocycles. The molecule has 1 atom stereocenters. The van der Waals surface area contributed by atoms with Gasteiger partial charge < -0.3 is 11.1 Å². The average Bonchev–Trinajstić information content (AvgIpc) is 2.36. The van der Waals surface area contributed by atoms with Crippen molar-refractivity contribution in [2.75, 3.05) is 11.9 Å². The predicted molar refractivity (Wildman–Crippen MR) is 71.9 cm³/mol. The van der Waals surface area contributed by atoms with Gasteiger partial charge in [0.05, 0.1) is 5.92 Å². The van der Waals surface area contributed by atoms with Gasteiger partial charge in [-0.3, -0.25) is 4.79 Å². The summed E-state index contributed by atoms with van der Waals surface area (Å²) in [6.45, 7) is 4.57. The monoisotopic (exact) mass is 234 g/mol. The minimum Gasteiger partial charge on any atom is -0.330 e. The maximum absolute atomic E-state index is 11.9. The van der Waals surface area contributed by atoms with Crippen LogP contribution in [0.4, 0.5) is 5.69 Å². The van der Waals surface area contributed by atoms with Crippen molar-refractivity contribution in [3.05, 3.63) is 29.8 Å². The average molecular weight is 234 g/mol. The molecule has 3 heteroatoms. The summed E-state index contributed by atoms with van der Waals surface area (Å²) in [5, 5.41) is 2.93. The van der Waals surface area contributed by atoms with Crippen molar-refractivity contribution in [2.24, 2.45) is 11.7 Å². The summed E-state index contributed by atoms with van der Waals surface area (Å²) in [5.41, 5.74) is 7.70. The molecule has 0 fully saturated rings. The molecule has 0 saturated heterocycles. The van der Waals surface area contributed by atoms with Gasteiger partial charge in [0, 0.05) is 12.2 Å². The Bertz CT molecular complexity index is 363. The molecule has 0 aliphatic heterocycles. The van der Waals surface area contributed by atoms with Gasteiger partial charge >= 0.3 is 0 Å². The van der Waals surface area contributed by atoms with E-state index in [0.717, 1.165) is 24.9 Å². The Morgan fingerprint density at radius 2 is 2.18 bits per heavy atom. The van der Waals surface area contributed by atoms with Crippen molar-refractivity contribution in [3.8, 4) is 0 Å². The quantitative estimate of drug-likeness (QED) is 0.794. The number of amides is 1. The van der Waals surface area contributed by atoms with E-state index in [1.807, 2.05) is 18.2 Å². The van der Waals surface area contributed by atoms with Crippen molar-refractivity contribution >= 4 is 11.6 Å². The molecule has 3 N–H and O–H groups in total. The van der Waals surface area contributed by atoms with Gasteiger partial charge in [-0.1, -0.05) is 32.4 Å². The van der Waals surface area contributed by atoms with Gasteiger partial charge in [0.1, 0.15) is 0 Å². The largest absolute Gasteiger partial charge is 0.330 e. The molecule has 0 aliphatic rings. The number of benzene rings is 1. The fourth-order valence-electron chi connectivity index (χ4n) is 1.82. The Morgan fingerprint density at radius 3 is 2.76 bits per heavy atom. The van der Waals surface area contributed by atoms with Crippen LogP contribution >= 0.6 is 0 Å². The Hall–Kier alpha value is -1.35. The van der Waals surface area contributed by atoms with Crippen LogP contribution in [0.1, 0.15) is 32.3 Å². The van der Waals surface area contributed by atoms with Crippen LogP contribution in [0.15, 0.2) is 24.3 Å². The topological polar surface area (TPSA) is 55.1 Å². The summed E-state index contributed by atoms with van der Waals surface area (Å²) in [6.07, 6.45) is 2.79. The van der Waals surface area contributed by atoms with Gasteiger partial charge in [0.2, 0.25) is 5.91 Å². The van der Waals surface area contributed by atoms with Crippen molar-refractivity contribution < 1.29 is 4.79 Å². The Labute approximate surface area is 103 Å². The molecule has 1 aromatic rings. The van der Waals surface area contributed by atoms with Crippen LogP contribution in [0.5, 0.6) is 0 Å². The third-order valence-corrected chi connectivity index (χ3v) is 2.90. The van der Waals surface area contributed by atoms with E-state index in [9.17, 15) is 4.79 Å². The van der Waals surface area contributed by atoms with E-state index in [4.69, 9.17) is 5.73 Å². The molecule has 94 valence electrons. The number of aryl methyl sites for hydroxylation is 1. The van der Waals surface area contributed by atoms with E-state index >= 15 is 0 Å². The molecule has 1 aromatic carbocycles. The molecule has 1 unspecified atom stereocenters. The lowest BCUT2D eigenvalue weighted by Gasteiger charge is -2.14. The van der Waals surface area contributed by atoms with Crippen molar-refractivity contribution in [1.82, 2.24) is 0 Å². The molecule has 17 heavy (non-hydrogen) atoms. The van der Waals surface area contributed by atoms with Gasteiger partial charge in [-0.05, 0) is 30.5 Å². The molecular formula is C14H22N2O. The first-order chi connectivity index (χ1) is 8.21. The zero-order valence-electron chi connectivity index (χ0n) is 10.7. The SMILES string of the molecule is CCCC(CN)C(=O)Nc1cccc(CC)c1. The second-order valence-electron chi connectivity index (χ2n) is 4.26. The highest BCUT2D eigenvalue weighted by molar-refractivity contribution is 5.92. The Morgan fingerprint density at radius 1 is 1.41 bits per heavy atom. The second-order valence-corrected chi connectivity index (χ2v) is 4.26. The standard InChI is InChI=1S/C14H22N2O/c1-3-6-12(10-15)14(17)16-13-8-5-7-11(4-2)9-13/h5,7-9,12H,3-4,6,10,15H2,1-2H3,(H,16,17). The number of nitrogens with one attached hydrogen (secondary N) is 1. The highest BCUT2D eigenvalue weighted by atomic mass is 16.1. The number of anilines is 1. The maximum Gasteiger partial charge on any atom is 0.228 e. The van der Waals surface area contributed by atoms with Crippen molar-refractivity contribution in [2.45, 2.75) is 33.1 Å². The first kappa shape index (κ1) is 13.7. The summed E-state index contributed by atoms with van der Waals surface area (Å²) in [4.78, 5) is 11.9. The molecule has 0 heterocycles. The predicted octanol–water partition coefficient (Wildman–Crippen LogP) is 2.56. The highest BCUT2D eigenvalue weighted by Gasteiger charge is 2.15. The van der Waals surface area contributed by atoms with Gasteiger partial charge in [-0.2, -0.15) is 0 Å². The van der Waals surface area contributed by atoms with E-state index < -0.39 is 0 Å². The van der Waals surface area contributed by atoms with E-state index in [1.165, 1.54) is 5.56 Å². The summed E-state index contributed by atoms with van der Waals surface area (Å²) >= 11 is 0. The molecule has 1 rings (SSSR count). The number of rotatable bonds is 6. The van der Waals surface area contributed by atoms with E-state index in [2.05, 4.69) is 25.2 Å². The maximum atomic E-state index is 11.9. The number of hydrogen-bond acceptors (Lipinski definition) is 2. The van der Waals surface area contributed by atoms with Crippen LogP contribution in [0.2, 0.25) is 0 Å². The number of hydrogen-bond donors (Lipinski definition) is 2. The molecule has 0 spiro atoms. The smallest absolute Gasteiger partial charge is 0.228 e. The first-order valence-corrected chi connectivity index (χ1v) is 6.31. The summed E-state index contributed by atoms with van der Waals surface area (Å²) in [6, 6.07) is 7.95. The van der Waals surface area contributed by atoms with E-state index in [1.54, 1.807) is 0 Å². The van der Waals surface area contributed by atoms with E-state index in [-0.39, 0.29) is 11.8 Å². The lowest BCUT2D eigenvalue weighted by molar-refractivity contribution is -0.119.